The van der Waals surface area contributed by atoms with Crippen LogP contribution in [0.3, 0.4) is 0 Å². The molecule has 3 nitrogen and oxygen atoms in total. The van der Waals surface area contributed by atoms with Crippen LogP contribution in [0.4, 0.5) is 0 Å². The average Bonchev–Trinajstić information content (AvgIpc) is 2.31. The van der Waals surface area contributed by atoms with Gasteiger partial charge in [-0.05, 0) is 24.2 Å². The van der Waals surface area contributed by atoms with Crippen molar-refractivity contribution in [3.05, 3.63) is 0 Å². The molecule has 0 bridgehead atoms. The van der Waals surface area contributed by atoms with Crippen LogP contribution in [0.5, 0.6) is 0 Å². The van der Waals surface area contributed by atoms with Gasteiger partial charge in [-0.25, -0.2) is 12.7 Å². The van der Waals surface area contributed by atoms with Gasteiger partial charge in [0.15, 0.2) is 0 Å². The second kappa shape index (κ2) is 8.52. The minimum atomic E-state index is -2.98. The van der Waals surface area contributed by atoms with Gasteiger partial charge >= 0.3 is 0 Å². The first-order valence-corrected chi connectivity index (χ1v) is 10.6. The Bertz CT molecular complexity index is 388. The molecule has 1 rings (SSSR count). The Morgan fingerprint density at radius 2 is 1.43 bits per heavy atom. The van der Waals surface area contributed by atoms with Crippen LogP contribution in [-0.2, 0) is 10.0 Å². The molecule has 0 radical (unpaired) electrons. The topological polar surface area (TPSA) is 37.4 Å². The molecule has 1 saturated heterocycles. The zero-order chi connectivity index (χ0) is 15.9. The van der Waals surface area contributed by atoms with Crippen LogP contribution in [0, 0.1) is 11.3 Å². The van der Waals surface area contributed by atoms with Crippen LogP contribution >= 0.6 is 0 Å². The fourth-order valence-electron chi connectivity index (χ4n) is 3.42. The van der Waals surface area contributed by atoms with E-state index in [1.54, 1.807) is 4.31 Å². The van der Waals surface area contributed by atoms with Gasteiger partial charge in [0.1, 0.15) is 0 Å². The van der Waals surface area contributed by atoms with E-state index in [0.29, 0.717) is 11.3 Å². The van der Waals surface area contributed by atoms with Crippen LogP contribution in [0.2, 0.25) is 0 Å². The van der Waals surface area contributed by atoms with Crippen LogP contribution < -0.4 is 0 Å². The fourth-order valence-corrected chi connectivity index (χ4v) is 4.32. The number of hydrogen-bond acceptors (Lipinski definition) is 2. The Morgan fingerprint density at radius 1 is 0.952 bits per heavy atom. The molecule has 0 aromatic carbocycles. The molecule has 4 heteroatoms. The Kier molecular flexibility index (Phi) is 7.69. The van der Waals surface area contributed by atoms with Gasteiger partial charge < -0.3 is 0 Å². The van der Waals surface area contributed by atoms with E-state index in [2.05, 4.69) is 20.8 Å². The van der Waals surface area contributed by atoms with Gasteiger partial charge in [-0.2, -0.15) is 0 Å². The van der Waals surface area contributed by atoms with Crippen molar-refractivity contribution in [2.24, 2.45) is 11.3 Å². The molecule has 1 aliphatic heterocycles. The summed E-state index contributed by atoms with van der Waals surface area (Å²) >= 11 is 0. The summed E-state index contributed by atoms with van der Waals surface area (Å²) in [5.41, 5.74) is 0.337. The van der Waals surface area contributed by atoms with Crippen molar-refractivity contribution < 1.29 is 8.42 Å². The number of sulfonamides is 1. The summed E-state index contributed by atoms with van der Waals surface area (Å²) in [6, 6.07) is 0. The molecule has 0 aromatic heterocycles. The predicted molar refractivity (Wildman–Crippen MR) is 90.9 cm³/mol. The lowest BCUT2D eigenvalue weighted by molar-refractivity contribution is 0.0418. The Balaban J connectivity index is 2.52. The summed E-state index contributed by atoms with van der Waals surface area (Å²) in [7, 11) is -2.98. The first kappa shape index (κ1) is 19.0. The third-order valence-corrected chi connectivity index (χ3v) is 6.49. The van der Waals surface area contributed by atoms with Gasteiger partial charge in [0, 0.05) is 13.1 Å². The van der Waals surface area contributed by atoms with Crippen LogP contribution in [0.1, 0.15) is 78.6 Å². The first-order valence-electron chi connectivity index (χ1n) is 8.78. The highest BCUT2D eigenvalue weighted by atomic mass is 32.2. The van der Waals surface area contributed by atoms with E-state index >= 15 is 0 Å². The lowest BCUT2D eigenvalue weighted by atomic mass is 9.67. The molecule has 1 aliphatic rings. The lowest BCUT2D eigenvalue weighted by Crippen LogP contribution is -2.55. The summed E-state index contributed by atoms with van der Waals surface area (Å²) in [6.07, 6.45) is 12.9. The monoisotopic (exact) mass is 317 g/mol. The van der Waals surface area contributed by atoms with Crippen LogP contribution in [0.25, 0.3) is 0 Å². The lowest BCUT2D eigenvalue weighted by Gasteiger charge is -2.48. The van der Waals surface area contributed by atoms with E-state index in [1.807, 2.05) is 0 Å². The quantitative estimate of drug-likeness (QED) is 0.528. The molecule has 1 heterocycles. The number of unbranched alkanes of at least 4 members (excludes halogenated alkanes) is 5. The molecule has 0 amide bonds. The average molecular weight is 318 g/mol. The standard InChI is InChI=1S/C17H35NO2S/c1-5-7-9-11-13-17(3,12-10-8-6-2)16-14-18(15-16)21(4,19)20/h16H,5-15H2,1-4H3. The van der Waals surface area contributed by atoms with Crippen molar-refractivity contribution in [1.82, 2.24) is 4.31 Å². The second-order valence-corrected chi connectivity index (χ2v) is 9.18. The maximum absolute atomic E-state index is 11.6. The van der Waals surface area contributed by atoms with Gasteiger partial charge in [0.25, 0.3) is 0 Å². The highest BCUT2D eigenvalue weighted by Crippen LogP contribution is 2.43. The van der Waals surface area contributed by atoms with Crippen LogP contribution in [-0.4, -0.2) is 32.1 Å². The van der Waals surface area contributed by atoms with E-state index in [1.165, 1.54) is 64.0 Å². The number of rotatable bonds is 11. The molecular weight excluding hydrogens is 282 g/mol. The van der Waals surface area contributed by atoms with Crippen molar-refractivity contribution in [2.45, 2.75) is 78.6 Å². The normalized spacial score (nSPS) is 20.2. The van der Waals surface area contributed by atoms with Gasteiger partial charge in [-0.15, -0.1) is 0 Å². The zero-order valence-corrected chi connectivity index (χ0v) is 15.3. The molecule has 21 heavy (non-hydrogen) atoms. The summed E-state index contributed by atoms with van der Waals surface area (Å²) < 4.78 is 24.8. The van der Waals surface area contributed by atoms with E-state index in [-0.39, 0.29) is 0 Å². The summed E-state index contributed by atoms with van der Waals surface area (Å²) in [5.74, 6) is 0.561. The molecule has 1 unspecified atom stereocenters. The van der Waals surface area contributed by atoms with Gasteiger partial charge in [-0.1, -0.05) is 65.7 Å². The highest BCUT2D eigenvalue weighted by Gasteiger charge is 2.43. The largest absolute Gasteiger partial charge is 0.213 e. The van der Waals surface area contributed by atoms with E-state index in [4.69, 9.17) is 0 Å². The molecule has 0 aromatic rings. The Morgan fingerprint density at radius 3 is 1.90 bits per heavy atom. The summed E-state index contributed by atoms with van der Waals surface area (Å²) in [4.78, 5) is 0. The maximum atomic E-state index is 11.6. The SMILES string of the molecule is CCCCCCC(C)(CCCCC)C1CN(S(C)(=O)=O)C1. The zero-order valence-electron chi connectivity index (χ0n) is 14.5. The van der Waals surface area contributed by atoms with Gasteiger partial charge in [0.2, 0.25) is 10.0 Å². The molecule has 0 N–H and O–H groups in total. The molecule has 1 atom stereocenters. The number of nitrogens with zero attached hydrogens (tertiary/aromatic N) is 1. The maximum Gasteiger partial charge on any atom is 0.211 e. The summed E-state index contributed by atoms with van der Waals surface area (Å²) in [5, 5.41) is 0. The van der Waals surface area contributed by atoms with Crippen molar-refractivity contribution in [3.63, 3.8) is 0 Å². The summed E-state index contributed by atoms with van der Waals surface area (Å²) in [6.45, 7) is 8.38. The van der Waals surface area contributed by atoms with Gasteiger partial charge in [0.05, 0.1) is 6.26 Å². The second-order valence-electron chi connectivity index (χ2n) is 7.20. The Labute approximate surface area is 132 Å². The van der Waals surface area contributed by atoms with E-state index < -0.39 is 10.0 Å². The van der Waals surface area contributed by atoms with E-state index in [0.717, 1.165) is 13.1 Å². The van der Waals surface area contributed by atoms with Crippen molar-refractivity contribution in [1.29, 1.82) is 0 Å². The third-order valence-electron chi connectivity index (χ3n) is 5.26. The molecule has 0 aliphatic carbocycles. The number of hydrogen-bond donors (Lipinski definition) is 0. The predicted octanol–water partition coefficient (Wildman–Crippen LogP) is 4.43. The van der Waals surface area contributed by atoms with Crippen molar-refractivity contribution in [3.8, 4) is 0 Å². The van der Waals surface area contributed by atoms with E-state index in [9.17, 15) is 8.42 Å². The molecule has 126 valence electrons. The third kappa shape index (κ3) is 5.90. The minimum absolute atomic E-state index is 0.337. The smallest absolute Gasteiger partial charge is 0.211 e. The molecule has 0 spiro atoms. The highest BCUT2D eigenvalue weighted by molar-refractivity contribution is 7.88. The molecular formula is C17H35NO2S. The van der Waals surface area contributed by atoms with Crippen LogP contribution in [0.15, 0.2) is 0 Å². The Hall–Kier alpha value is -0.0900. The molecule has 0 saturated carbocycles. The first-order chi connectivity index (χ1) is 9.83. The van der Waals surface area contributed by atoms with Crippen molar-refractivity contribution in [2.75, 3.05) is 19.3 Å². The fraction of sp³-hybridized carbons (Fsp3) is 1.00. The molecule has 1 fully saturated rings. The van der Waals surface area contributed by atoms with Crippen molar-refractivity contribution >= 4 is 10.0 Å². The minimum Gasteiger partial charge on any atom is -0.213 e. The van der Waals surface area contributed by atoms with Gasteiger partial charge in [-0.3, -0.25) is 0 Å².